The number of aromatic nitrogens is 2. The third-order valence-corrected chi connectivity index (χ3v) is 6.47. The van der Waals surface area contributed by atoms with Crippen LogP contribution in [0.2, 0.25) is 0 Å². The van der Waals surface area contributed by atoms with E-state index in [1.807, 2.05) is 0 Å². The molecule has 3 aliphatic heterocycles. The molecule has 0 radical (unpaired) electrons. The SMILES string of the molecule is CC1CCN(c2cc(N3CCCCC3)nc(NC(=S)NCC3CCCO3)n2)CC1. The van der Waals surface area contributed by atoms with Gasteiger partial charge in [-0.15, -0.1) is 0 Å². The second-order valence-corrected chi connectivity index (χ2v) is 9.00. The normalized spacial score (nSPS) is 23.3. The maximum Gasteiger partial charge on any atom is 0.232 e. The third-order valence-electron chi connectivity index (χ3n) is 6.23. The lowest BCUT2D eigenvalue weighted by Crippen LogP contribution is -2.37. The molecule has 1 aromatic rings. The first-order chi connectivity index (χ1) is 14.2. The van der Waals surface area contributed by atoms with Gasteiger partial charge in [-0.05, 0) is 63.1 Å². The monoisotopic (exact) mass is 418 g/mol. The highest BCUT2D eigenvalue weighted by molar-refractivity contribution is 7.80. The molecule has 8 heteroatoms. The Hall–Kier alpha value is -1.67. The number of hydrogen-bond acceptors (Lipinski definition) is 6. The average molecular weight is 419 g/mol. The second kappa shape index (κ2) is 9.89. The van der Waals surface area contributed by atoms with E-state index < -0.39 is 0 Å². The zero-order chi connectivity index (χ0) is 20.1. The van der Waals surface area contributed by atoms with Crippen molar-refractivity contribution in [3.05, 3.63) is 6.07 Å². The van der Waals surface area contributed by atoms with Gasteiger partial charge >= 0.3 is 0 Å². The molecule has 1 atom stereocenters. The molecule has 29 heavy (non-hydrogen) atoms. The van der Waals surface area contributed by atoms with Gasteiger partial charge in [0.05, 0.1) is 6.10 Å². The smallest absolute Gasteiger partial charge is 0.232 e. The minimum absolute atomic E-state index is 0.251. The second-order valence-electron chi connectivity index (χ2n) is 8.60. The Morgan fingerprint density at radius 2 is 1.72 bits per heavy atom. The lowest BCUT2D eigenvalue weighted by Gasteiger charge is -2.33. The van der Waals surface area contributed by atoms with Gasteiger partial charge < -0.3 is 25.2 Å². The van der Waals surface area contributed by atoms with Crippen LogP contribution >= 0.6 is 12.2 Å². The Bertz CT molecular complexity index is 682. The fourth-order valence-electron chi connectivity index (χ4n) is 4.32. The summed E-state index contributed by atoms with van der Waals surface area (Å²) in [6, 6.07) is 2.16. The van der Waals surface area contributed by atoms with E-state index in [1.165, 1.54) is 32.1 Å². The Labute approximate surface area is 179 Å². The highest BCUT2D eigenvalue weighted by Crippen LogP contribution is 2.27. The summed E-state index contributed by atoms with van der Waals surface area (Å²) >= 11 is 5.50. The van der Waals surface area contributed by atoms with Crippen LogP contribution in [0.1, 0.15) is 51.9 Å². The molecule has 160 valence electrons. The number of nitrogens with one attached hydrogen (secondary N) is 2. The van der Waals surface area contributed by atoms with E-state index in [0.29, 0.717) is 11.1 Å². The van der Waals surface area contributed by atoms with Crippen molar-refractivity contribution in [2.45, 2.75) is 58.0 Å². The predicted octanol–water partition coefficient (Wildman–Crippen LogP) is 3.17. The van der Waals surface area contributed by atoms with Gasteiger partial charge in [0.2, 0.25) is 5.95 Å². The van der Waals surface area contributed by atoms with Crippen molar-refractivity contribution in [2.75, 3.05) is 54.4 Å². The molecule has 2 N–H and O–H groups in total. The molecule has 3 saturated heterocycles. The van der Waals surface area contributed by atoms with Gasteiger partial charge in [-0.1, -0.05) is 6.92 Å². The highest BCUT2D eigenvalue weighted by Gasteiger charge is 2.21. The van der Waals surface area contributed by atoms with E-state index in [9.17, 15) is 0 Å². The number of thiocarbonyl (C=S) groups is 1. The summed E-state index contributed by atoms with van der Waals surface area (Å²) in [5, 5.41) is 7.05. The van der Waals surface area contributed by atoms with E-state index in [0.717, 1.165) is 69.7 Å². The summed E-state index contributed by atoms with van der Waals surface area (Å²) in [6.45, 7) is 8.16. The third kappa shape index (κ3) is 5.69. The molecule has 0 spiro atoms. The van der Waals surface area contributed by atoms with Gasteiger partial charge in [-0.2, -0.15) is 9.97 Å². The van der Waals surface area contributed by atoms with Crippen molar-refractivity contribution in [1.29, 1.82) is 0 Å². The Morgan fingerprint density at radius 1 is 1.03 bits per heavy atom. The minimum atomic E-state index is 0.251. The molecule has 3 fully saturated rings. The molecule has 0 amide bonds. The summed E-state index contributed by atoms with van der Waals surface area (Å²) in [5.41, 5.74) is 0. The van der Waals surface area contributed by atoms with Crippen LogP contribution in [0.25, 0.3) is 0 Å². The van der Waals surface area contributed by atoms with Crippen molar-refractivity contribution < 1.29 is 4.74 Å². The van der Waals surface area contributed by atoms with Gasteiger partial charge in [0.1, 0.15) is 11.6 Å². The van der Waals surface area contributed by atoms with Gasteiger partial charge in [0, 0.05) is 45.4 Å². The molecule has 0 aliphatic carbocycles. The fraction of sp³-hybridized carbons (Fsp3) is 0.762. The molecular weight excluding hydrogens is 384 g/mol. The van der Waals surface area contributed by atoms with E-state index in [-0.39, 0.29) is 6.10 Å². The summed E-state index contributed by atoms with van der Waals surface area (Å²) < 4.78 is 5.66. The first kappa shape index (κ1) is 20.6. The molecule has 3 aliphatic rings. The van der Waals surface area contributed by atoms with Crippen molar-refractivity contribution >= 4 is 34.9 Å². The standard InChI is InChI=1S/C21H34N6OS/c1-16-7-11-27(12-8-16)19-14-18(26-9-3-2-4-10-26)23-20(24-19)25-21(29)22-15-17-6-5-13-28-17/h14,16-17H,2-13,15H2,1H3,(H2,22,23,24,25,29). The summed E-state index contributed by atoms with van der Waals surface area (Å²) in [6.07, 6.45) is 8.66. The number of anilines is 3. The van der Waals surface area contributed by atoms with Crippen LogP contribution in [-0.4, -0.2) is 60.5 Å². The fourth-order valence-corrected chi connectivity index (χ4v) is 4.49. The Kier molecular flexibility index (Phi) is 7.02. The van der Waals surface area contributed by atoms with E-state index in [1.54, 1.807) is 0 Å². The number of piperidine rings is 2. The minimum Gasteiger partial charge on any atom is -0.376 e. The van der Waals surface area contributed by atoms with E-state index >= 15 is 0 Å². The number of nitrogens with zero attached hydrogens (tertiary/aromatic N) is 4. The van der Waals surface area contributed by atoms with Crippen molar-refractivity contribution in [1.82, 2.24) is 15.3 Å². The van der Waals surface area contributed by atoms with Gasteiger partial charge in [-0.25, -0.2) is 0 Å². The molecular formula is C21H34N6OS. The Morgan fingerprint density at radius 3 is 2.38 bits per heavy atom. The van der Waals surface area contributed by atoms with Crippen LogP contribution < -0.4 is 20.4 Å². The average Bonchev–Trinajstić information content (AvgIpc) is 3.27. The molecule has 1 unspecified atom stereocenters. The van der Waals surface area contributed by atoms with Crippen LogP contribution in [0.15, 0.2) is 6.07 Å². The van der Waals surface area contributed by atoms with Crippen molar-refractivity contribution in [3.8, 4) is 0 Å². The van der Waals surface area contributed by atoms with Crippen molar-refractivity contribution in [2.24, 2.45) is 5.92 Å². The maximum absolute atomic E-state index is 5.66. The van der Waals surface area contributed by atoms with Gasteiger partial charge in [0.25, 0.3) is 0 Å². The quantitative estimate of drug-likeness (QED) is 0.707. The molecule has 4 rings (SSSR count). The molecule has 0 saturated carbocycles. The summed E-state index contributed by atoms with van der Waals surface area (Å²) in [7, 11) is 0. The van der Waals surface area contributed by atoms with Gasteiger partial charge in [-0.3, -0.25) is 0 Å². The van der Waals surface area contributed by atoms with Gasteiger partial charge in [0.15, 0.2) is 5.11 Å². The Balaban J connectivity index is 1.46. The molecule has 4 heterocycles. The van der Waals surface area contributed by atoms with Crippen LogP contribution in [0.5, 0.6) is 0 Å². The van der Waals surface area contributed by atoms with Crippen LogP contribution in [0.3, 0.4) is 0 Å². The van der Waals surface area contributed by atoms with Crippen LogP contribution in [0.4, 0.5) is 17.6 Å². The lowest BCUT2D eigenvalue weighted by molar-refractivity contribution is 0.114. The van der Waals surface area contributed by atoms with Crippen LogP contribution in [0, 0.1) is 5.92 Å². The zero-order valence-electron chi connectivity index (χ0n) is 17.5. The first-order valence-electron chi connectivity index (χ1n) is 11.2. The largest absolute Gasteiger partial charge is 0.376 e. The highest BCUT2D eigenvalue weighted by atomic mass is 32.1. The number of rotatable bonds is 5. The molecule has 7 nitrogen and oxygen atoms in total. The first-order valence-corrected chi connectivity index (χ1v) is 11.6. The zero-order valence-corrected chi connectivity index (χ0v) is 18.3. The molecule has 0 bridgehead atoms. The summed E-state index contributed by atoms with van der Waals surface area (Å²) in [5.74, 6) is 3.41. The van der Waals surface area contributed by atoms with E-state index in [2.05, 4.69) is 33.4 Å². The topological polar surface area (TPSA) is 65.5 Å². The summed E-state index contributed by atoms with van der Waals surface area (Å²) in [4.78, 5) is 14.4. The lowest BCUT2D eigenvalue weighted by atomic mass is 9.99. The molecule has 0 aromatic carbocycles. The number of hydrogen-bond donors (Lipinski definition) is 2. The van der Waals surface area contributed by atoms with Crippen molar-refractivity contribution in [3.63, 3.8) is 0 Å². The molecule has 1 aromatic heterocycles. The van der Waals surface area contributed by atoms with Crippen LogP contribution in [-0.2, 0) is 4.74 Å². The number of ether oxygens (including phenoxy) is 1. The van der Waals surface area contributed by atoms with E-state index in [4.69, 9.17) is 26.9 Å². The maximum atomic E-state index is 5.66. The predicted molar refractivity (Wildman–Crippen MR) is 122 cm³/mol.